The van der Waals surface area contributed by atoms with Crippen LogP contribution < -0.4 is 11.1 Å². The number of nitrogens with zero attached hydrogens (tertiary/aromatic N) is 1. The average molecular weight is 267 g/mol. The number of furan rings is 1. The van der Waals surface area contributed by atoms with Crippen LogP contribution in [0.4, 0.5) is 11.4 Å². The largest absolute Gasteiger partial charge is 0.469 e. The molecular weight excluding hydrogens is 250 g/mol. The van der Waals surface area contributed by atoms with E-state index in [1.807, 2.05) is 36.4 Å². The second kappa shape index (κ2) is 5.25. The van der Waals surface area contributed by atoms with Crippen molar-refractivity contribution in [2.75, 3.05) is 11.1 Å². The van der Waals surface area contributed by atoms with Crippen molar-refractivity contribution in [3.05, 3.63) is 54.6 Å². The van der Waals surface area contributed by atoms with Crippen molar-refractivity contribution in [1.82, 2.24) is 4.98 Å². The van der Waals surface area contributed by atoms with E-state index < -0.39 is 0 Å². The van der Waals surface area contributed by atoms with E-state index in [2.05, 4.69) is 17.2 Å². The van der Waals surface area contributed by atoms with Crippen LogP contribution in [0.1, 0.15) is 12.7 Å². The maximum atomic E-state index is 5.96. The molecule has 20 heavy (non-hydrogen) atoms. The molecule has 0 saturated heterocycles. The Morgan fingerprint density at radius 2 is 2.15 bits per heavy atom. The number of hydrogen-bond donors (Lipinski definition) is 2. The summed E-state index contributed by atoms with van der Waals surface area (Å²) >= 11 is 0. The van der Waals surface area contributed by atoms with Crippen LogP contribution in [0, 0.1) is 0 Å². The van der Waals surface area contributed by atoms with E-state index >= 15 is 0 Å². The molecule has 3 aromatic rings. The zero-order chi connectivity index (χ0) is 13.9. The summed E-state index contributed by atoms with van der Waals surface area (Å²) < 4.78 is 5.38. The maximum Gasteiger partial charge on any atom is 0.105 e. The van der Waals surface area contributed by atoms with E-state index in [9.17, 15) is 0 Å². The van der Waals surface area contributed by atoms with Crippen molar-refractivity contribution < 1.29 is 4.42 Å². The van der Waals surface area contributed by atoms with E-state index in [0.717, 1.165) is 28.8 Å². The Labute approximate surface area is 117 Å². The molecule has 0 aliphatic heterocycles. The maximum absolute atomic E-state index is 5.96. The highest BCUT2D eigenvalue weighted by atomic mass is 16.3. The van der Waals surface area contributed by atoms with Crippen LogP contribution in [-0.4, -0.2) is 11.0 Å². The zero-order valence-electron chi connectivity index (χ0n) is 11.3. The first-order valence-corrected chi connectivity index (χ1v) is 6.66. The number of aromatic nitrogens is 1. The van der Waals surface area contributed by atoms with Gasteiger partial charge >= 0.3 is 0 Å². The van der Waals surface area contributed by atoms with Crippen LogP contribution in [-0.2, 0) is 6.42 Å². The topological polar surface area (TPSA) is 64.1 Å². The minimum atomic E-state index is 0.258. The van der Waals surface area contributed by atoms with Gasteiger partial charge in [-0.1, -0.05) is 0 Å². The van der Waals surface area contributed by atoms with E-state index in [4.69, 9.17) is 10.2 Å². The smallest absolute Gasteiger partial charge is 0.105 e. The number of fused-ring (bicyclic) bond motifs is 1. The molecular formula is C16H17N3O. The van der Waals surface area contributed by atoms with Gasteiger partial charge in [0, 0.05) is 29.7 Å². The van der Waals surface area contributed by atoms with E-state index in [1.165, 1.54) is 0 Å². The van der Waals surface area contributed by atoms with Gasteiger partial charge in [0.25, 0.3) is 0 Å². The fourth-order valence-corrected chi connectivity index (χ4v) is 2.37. The molecule has 1 aromatic carbocycles. The molecule has 0 aliphatic rings. The van der Waals surface area contributed by atoms with Crippen LogP contribution in [0.15, 0.2) is 53.3 Å². The minimum Gasteiger partial charge on any atom is -0.469 e. The summed E-state index contributed by atoms with van der Waals surface area (Å²) in [6, 6.07) is 12.0. The fourth-order valence-electron chi connectivity index (χ4n) is 2.37. The van der Waals surface area contributed by atoms with Crippen LogP contribution in [0.3, 0.4) is 0 Å². The summed E-state index contributed by atoms with van der Waals surface area (Å²) in [5.41, 5.74) is 8.54. The van der Waals surface area contributed by atoms with Crippen molar-refractivity contribution in [2.24, 2.45) is 0 Å². The highest BCUT2D eigenvalue weighted by molar-refractivity contribution is 5.98. The lowest BCUT2D eigenvalue weighted by Crippen LogP contribution is -2.18. The Morgan fingerprint density at radius 1 is 1.25 bits per heavy atom. The van der Waals surface area contributed by atoms with E-state index in [0.29, 0.717) is 5.69 Å². The van der Waals surface area contributed by atoms with Crippen molar-refractivity contribution in [1.29, 1.82) is 0 Å². The molecule has 4 heteroatoms. The van der Waals surface area contributed by atoms with Gasteiger partial charge in [0.1, 0.15) is 5.76 Å². The molecule has 0 aliphatic carbocycles. The number of nitrogens with one attached hydrogen (secondary N) is 1. The Hall–Kier alpha value is -2.49. The number of pyridine rings is 1. The van der Waals surface area contributed by atoms with Crippen molar-refractivity contribution in [3.8, 4) is 0 Å². The van der Waals surface area contributed by atoms with Crippen molar-refractivity contribution in [3.63, 3.8) is 0 Å². The molecule has 0 fully saturated rings. The second-order valence-corrected chi connectivity index (χ2v) is 4.93. The molecule has 4 nitrogen and oxygen atoms in total. The minimum absolute atomic E-state index is 0.258. The predicted molar refractivity (Wildman–Crippen MR) is 81.7 cm³/mol. The van der Waals surface area contributed by atoms with Gasteiger partial charge in [-0.2, -0.15) is 0 Å². The molecule has 0 saturated carbocycles. The van der Waals surface area contributed by atoms with Crippen LogP contribution in [0.25, 0.3) is 10.9 Å². The molecule has 2 heterocycles. The second-order valence-electron chi connectivity index (χ2n) is 4.93. The molecule has 1 unspecified atom stereocenters. The molecule has 3 N–H and O–H groups in total. The van der Waals surface area contributed by atoms with Gasteiger partial charge in [0.05, 0.1) is 17.5 Å². The monoisotopic (exact) mass is 267 g/mol. The predicted octanol–water partition coefficient (Wildman–Crippen LogP) is 3.45. The van der Waals surface area contributed by atoms with Crippen LogP contribution in [0.5, 0.6) is 0 Å². The first-order chi connectivity index (χ1) is 9.74. The lowest BCUT2D eigenvalue weighted by molar-refractivity contribution is 0.498. The Balaban J connectivity index is 1.85. The summed E-state index contributed by atoms with van der Waals surface area (Å²) in [5, 5.41) is 4.54. The molecule has 0 bridgehead atoms. The van der Waals surface area contributed by atoms with Crippen LogP contribution in [0.2, 0.25) is 0 Å². The zero-order valence-corrected chi connectivity index (χ0v) is 11.3. The van der Waals surface area contributed by atoms with E-state index in [1.54, 1.807) is 12.5 Å². The Bertz CT molecular complexity index is 707. The number of nitrogens with two attached hydrogens (primary N) is 1. The molecule has 1 atom stereocenters. The number of nitrogen functional groups attached to an aromatic ring is 1. The first kappa shape index (κ1) is 12.5. The Kier molecular flexibility index (Phi) is 3.29. The van der Waals surface area contributed by atoms with Gasteiger partial charge in [0.2, 0.25) is 0 Å². The van der Waals surface area contributed by atoms with Gasteiger partial charge in [-0.05, 0) is 43.3 Å². The summed E-state index contributed by atoms with van der Waals surface area (Å²) in [7, 11) is 0. The molecule has 2 aromatic heterocycles. The molecule has 102 valence electrons. The fraction of sp³-hybridized carbons (Fsp3) is 0.188. The summed E-state index contributed by atoms with van der Waals surface area (Å²) in [6.07, 6.45) is 4.29. The third-order valence-corrected chi connectivity index (χ3v) is 3.29. The highest BCUT2D eigenvalue weighted by Gasteiger charge is 2.09. The van der Waals surface area contributed by atoms with Gasteiger partial charge in [-0.15, -0.1) is 0 Å². The van der Waals surface area contributed by atoms with Gasteiger partial charge in [-0.3, -0.25) is 4.98 Å². The SMILES string of the molecule is CC(Cc1ccco1)Nc1ccc(N)c2ncccc12. The standard InChI is InChI=1S/C16H17N3O/c1-11(10-12-4-3-9-20-12)19-15-7-6-14(17)16-13(15)5-2-8-18-16/h2-9,11,19H,10,17H2,1H3. The third kappa shape index (κ3) is 2.45. The lowest BCUT2D eigenvalue weighted by Gasteiger charge is -2.16. The third-order valence-electron chi connectivity index (χ3n) is 3.29. The van der Waals surface area contributed by atoms with Crippen molar-refractivity contribution >= 4 is 22.3 Å². The van der Waals surface area contributed by atoms with Gasteiger partial charge < -0.3 is 15.5 Å². The quantitative estimate of drug-likeness (QED) is 0.711. The molecule has 0 radical (unpaired) electrons. The van der Waals surface area contributed by atoms with Gasteiger partial charge in [-0.25, -0.2) is 0 Å². The average Bonchev–Trinajstić information content (AvgIpc) is 2.95. The summed E-state index contributed by atoms with van der Waals surface area (Å²) in [5.74, 6) is 0.975. The first-order valence-electron chi connectivity index (χ1n) is 6.66. The number of anilines is 2. The lowest BCUT2D eigenvalue weighted by atomic mass is 10.1. The van der Waals surface area contributed by atoms with E-state index in [-0.39, 0.29) is 6.04 Å². The summed E-state index contributed by atoms with van der Waals surface area (Å²) in [6.45, 7) is 2.13. The number of hydrogen-bond acceptors (Lipinski definition) is 4. The number of rotatable bonds is 4. The van der Waals surface area contributed by atoms with Crippen LogP contribution >= 0.6 is 0 Å². The van der Waals surface area contributed by atoms with Crippen molar-refractivity contribution in [2.45, 2.75) is 19.4 Å². The highest BCUT2D eigenvalue weighted by Crippen LogP contribution is 2.27. The number of benzene rings is 1. The molecule has 0 amide bonds. The molecule has 0 spiro atoms. The Morgan fingerprint density at radius 3 is 2.95 bits per heavy atom. The summed E-state index contributed by atoms with van der Waals surface area (Å²) in [4.78, 5) is 4.34. The van der Waals surface area contributed by atoms with Gasteiger partial charge in [0.15, 0.2) is 0 Å². The normalized spacial score (nSPS) is 12.4. The molecule has 3 rings (SSSR count).